The Morgan fingerprint density at radius 2 is 2.47 bits per heavy atom. The molecule has 1 saturated heterocycles. The molecule has 1 N–H and O–H groups in total. The highest BCUT2D eigenvalue weighted by atomic mass is 16.5. The molecule has 2 atom stereocenters. The van der Waals surface area contributed by atoms with E-state index in [1.807, 2.05) is 13.0 Å². The molecule has 1 fully saturated rings. The van der Waals surface area contributed by atoms with Crippen molar-refractivity contribution in [2.45, 2.75) is 19.4 Å². The van der Waals surface area contributed by atoms with Crippen molar-refractivity contribution in [3.63, 3.8) is 0 Å². The van der Waals surface area contributed by atoms with E-state index in [9.17, 15) is 9.59 Å². The van der Waals surface area contributed by atoms with Gasteiger partial charge in [0.1, 0.15) is 6.54 Å². The standard InChI is InChI=1S/C11H17N3O3/c1-8(7-17-2)14-6-9(5-10(14)15)11(16)13-4-3-12/h8-9H,4-7H2,1-2H3,(H,13,16)/t8-,9-/m1/s1. The number of rotatable bonds is 5. The van der Waals surface area contributed by atoms with Crippen LogP contribution in [0, 0.1) is 17.2 Å². The topological polar surface area (TPSA) is 82.4 Å². The number of carbonyl (C=O) groups is 2. The van der Waals surface area contributed by atoms with Crippen LogP contribution >= 0.6 is 0 Å². The minimum Gasteiger partial charge on any atom is -0.383 e. The van der Waals surface area contributed by atoms with Gasteiger partial charge in [-0.05, 0) is 6.92 Å². The van der Waals surface area contributed by atoms with Gasteiger partial charge in [-0.3, -0.25) is 9.59 Å². The lowest BCUT2D eigenvalue weighted by molar-refractivity contribution is -0.130. The van der Waals surface area contributed by atoms with Gasteiger partial charge in [0.15, 0.2) is 0 Å². The fourth-order valence-corrected chi connectivity index (χ4v) is 1.94. The Labute approximate surface area is 101 Å². The molecular formula is C11H17N3O3. The molecule has 1 aliphatic heterocycles. The van der Waals surface area contributed by atoms with Crippen molar-refractivity contribution in [3.05, 3.63) is 0 Å². The molecule has 1 heterocycles. The summed E-state index contributed by atoms with van der Waals surface area (Å²) in [5.74, 6) is -0.617. The quantitative estimate of drug-likeness (QED) is 0.656. The summed E-state index contributed by atoms with van der Waals surface area (Å²) < 4.78 is 4.99. The number of nitrogens with one attached hydrogen (secondary N) is 1. The monoisotopic (exact) mass is 239 g/mol. The largest absolute Gasteiger partial charge is 0.383 e. The fraction of sp³-hybridized carbons (Fsp3) is 0.727. The minimum atomic E-state index is -0.352. The van der Waals surface area contributed by atoms with Crippen LogP contribution in [-0.2, 0) is 14.3 Å². The number of hydrogen-bond acceptors (Lipinski definition) is 4. The first kappa shape index (κ1) is 13.5. The molecule has 17 heavy (non-hydrogen) atoms. The van der Waals surface area contributed by atoms with E-state index in [1.165, 1.54) is 0 Å². The molecule has 0 bridgehead atoms. The average Bonchev–Trinajstić information content (AvgIpc) is 2.68. The summed E-state index contributed by atoms with van der Waals surface area (Å²) in [5.41, 5.74) is 0. The van der Waals surface area contributed by atoms with Gasteiger partial charge in [0.25, 0.3) is 0 Å². The van der Waals surface area contributed by atoms with Crippen LogP contribution in [0.1, 0.15) is 13.3 Å². The van der Waals surface area contributed by atoms with E-state index in [2.05, 4.69) is 5.32 Å². The van der Waals surface area contributed by atoms with Crippen LogP contribution in [0.15, 0.2) is 0 Å². The number of likely N-dealkylation sites (tertiary alicyclic amines) is 1. The van der Waals surface area contributed by atoms with Gasteiger partial charge in [0.2, 0.25) is 11.8 Å². The minimum absolute atomic E-state index is 0.0167. The SMILES string of the molecule is COC[C@@H](C)N1C[C@H](C(=O)NCC#N)CC1=O. The Bertz CT molecular complexity index is 337. The Morgan fingerprint density at radius 3 is 3.06 bits per heavy atom. The molecule has 6 nitrogen and oxygen atoms in total. The molecule has 1 aliphatic rings. The first-order valence-electron chi connectivity index (χ1n) is 5.53. The van der Waals surface area contributed by atoms with Gasteiger partial charge in [-0.1, -0.05) is 0 Å². The van der Waals surface area contributed by atoms with E-state index in [0.29, 0.717) is 13.2 Å². The first-order valence-corrected chi connectivity index (χ1v) is 5.53. The lowest BCUT2D eigenvalue weighted by Gasteiger charge is -2.23. The first-order chi connectivity index (χ1) is 8.10. The lowest BCUT2D eigenvalue weighted by Crippen LogP contribution is -2.39. The third-order valence-electron chi connectivity index (χ3n) is 2.81. The molecule has 0 aromatic rings. The van der Waals surface area contributed by atoms with E-state index < -0.39 is 0 Å². The second-order valence-electron chi connectivity index (χ2n) is 4.13. The fourth-order valence-electron chi connectivity index (χ4n) is 1.94. The summed E-state index contributed by atoms with van der Waals surface area (Å²) >= 11 is 0. The zero-order valence-electron chi connectivity index (χ0n) is 10.1. The van der Waals surface area contributed by atoms with Crippen molar-refractivity contribution in [1.82, 2.24) is 10.2 Å². The predicted octanol–water partition coefficient (Wildman–Crippen LogP) is -0.490. The molecule has 94 valence electrons. The normalized spacial score (nSPS) is 21.1. The van der Waals surface area contributed by atoms with E-state index in [-0.39, 0.29) is 36.7 Å². The number of carbonyl (C=O) groups excluding carboxylic acids is 2. The van der Waals surface area contributed by atoms with Gasteiger partial charge in [0, 0.05) is 20.1 Å². The van der Waals surface area contributed by atoms with Crippen molar-refractivity contribution in [2.75, 3.05) is 26.8 Å². The molecule has 0 aliphatic carbocycles. The number of nitriles is 1. The number of methoxy groups -OCH3 is 1. The average molecular weight is 239 g/mol. The third kappa shape index (κ3) is 3.43. The number of amides is 2. The number of hydrogen-bond donors (Lipinski definition) is 1. The van der Waals surface area contributed by atoms with Crippen LogP contribution in [-0.4, -0.2) is 49.6 Å². The summed E-state index contributed by atoms with van der Waals surface area (Å²) in [6.45, 7) is 2.73. The molecule has 0 saturated carbocycles. The van der Waals surface area contributed by atoms with Crippen LogP contribution in [0.2, 0.25) is 0 Å². The smallest absolute Gasteiger partial charge is 0.226 e. The number of nitrogens with zero attached hydrogens (tertiary/aromatic N) is 2. The summed E-state index contributed by atoms with van der Waals surface area (Å²) in [4.78, 5) is 25.0. The molecule has 0 spiro atoms. The molecule has 1 rings (SSSR count). The predicted molar refractivity (Wildman–Crippen MR) is 59.8 cm³/mol. The van der Waals surface area contributed by atoms with Gasteiger partial charge in [0.05, 0.1) is 24.6 Å². The van der Waals surface area contributed by atoms with Crippen LogP contribution in [0.3, 0.4) is 0 Å². The van der Waals surface area contributed by atoms with Gasteiger partial charge in [-0.25, -0.2) is 0 Å². The molecule has 2 amide bonds. The van der Waals surface area contributed by atoms with Crippen LogP contribution in [0.25, 0.3) is 0 Å². The highest BCUT2D eigenvalue weighted by Gasteiger charge is 2.36. The Morgan fingerprint density at radius 1 is 1.76 bits per heavy atom. The van der Waals surface area contributed by atoms with Crippen molar-refractivity contribution in [1.29, 1.82) is 5.26 Å². The van der Waals surface area contributed by atoms with Crippen LogP contribution in [0.5, 0.6) is 0 Å². The van der Waals surface area contributed by atoms with E-state index in [0.717, 1.165) is 0 Å². The van der Waals surface area contributed by atoms with Crippen molar-refractivity contribution in [2.24, 2.45) is 5.92 Å². The third-order valence-corrected chi connectivity index (χ3v) is 2.81. The van der Waals surface area contributed by atoms with Crippen molar-refractivity contribution in [3.8, 4) is 6.07 Å². The molecule has 0 radical (unpaired) electrons. The van der Waals surface area contributed by atoms with Gasteiger partial charge in [-0.15, -0.1) is 0 Å². The zero-order valence-corrected chi connectivity index (χ0v) is 10.1. The summed E-state index contributed by atoms with van der Waals surface area (Å²) in [6.07, 6.45) is 0.214. The van der Waals surface area contributed by atoms with Crippen molar-refractivity contribution < 1.29 is 14.3 Å². The Balaban J connectivity index is 2.51. The van der Waals surface area contributed by atoms with E-state index in [4.69, 9.17) is 10.00 Å². The van der Waals surface area contributed by atoms with Crippen LogP contribution in [0.4, 0.5) is 0 Å². The highest BCUT2D eigenvalue weighted by molar-refractivity contribution is 5.89. The molecule has 6 heteroatoms. The Kier molecular flexibility index (Phi) is 4.91. The highest BCUT2D eigenvalue weighted by Crippen LogP contribution is 2.20. The van der Waals surface area contributed by atoms with Crippen LogP contribution < -0.4 is 5.32 Å². The summed E-state index contributed by atoms with van der Waals surface area (Å²) in [7, 11) is 1.58. The molecule has 0 aromatic heterocycles. The van der Waals surface area contributed by atoms with Gasteiger partial charge in [-0.2, -0.15) is 5.26 Å². The summed E-state index contributed by atoms with van der Waals surface area (Å²) in [5, 5.41) is 10.8. The molecule has 0 unspecified atom stereocenters. The molecule has 0 aromatic carbocycles. The zero-order chi connectivity index (χ0) is 12.8. The van der Waals surface area contributed by atoms with E-state index in [1.54, 1.807) is 12.0 Å². The van der Waals surface area contributed by atoms with Gasteiger partial charge < -0.3 is 15.0 Å². The lowest BCUT2D eigenvalue weighted by atomic mass is 10.1. The van der Waals surface area contributed by atoms with Crippen molar-refractivity contribution >= 4 is 11.8 Å². The van der Waals surface area contributed by atoms with Gasteiger partial charge >= 0.3 is 0 Å². The molecular weight excluding hydrogens is 222 g/mol. The maximum atomic E-state index is 11.7. The second kappa shape index (κ2) is 6.21. The second-order valence-corrected chi connectivity index (χ2v) is 4.13. The Hall–Kier alpha value is -1.61. The summed E-state index contributed by atoms with van der Waals surface area (Å²) in [6, 6.07) is 1.81. The number of ether oxygens (including phenoxy) is 1. The maximum absolute atomic E-state index is 11.7. The van der Waals surface area contributed by atoms with E-state index >= 15 is 0 Å². The maximum Gasteiger partial charge on any atom is 0.226 e.